The number of rotatable bonds is 5. The number of benzene rings is 3. The lowest BCUT2D eigenvalue weighted by Crippen LogP contribution is -2.18. The van der Waals surface area contributed by atoms with Crippen LogP contribution in [-0.2, 0) is 6.61 Å². The van der Waals surface area contributed by atoms with Crippen LogP contribution in [0.15, 0.2) is 73.1 Å². The van der Waals surface area contributed by atoms with Gasteiger partial charge in [-0.05, 0) is 55.0 Å². The molecule has 4 rings (SSSR count). The van der Waals surface area contributed by atoms with Crippen molar-refractivity contribution in [3.05, 3.63) is 89.7 Å². The number of hydrogen-bond acceptors (Lipinski definition) is 4. The maximum atomic E-state index is 11.7. The normalized spacial score (nSPS) is 10.8. The topological polar surface area (TPSA) is 76.4 Å². The molecule has 3 aromatic carbocycles. The standard InChI is InChI=1S/C22H19N3O3/c1-15-2-4-16(5-3-15)13-28-19-9-7-18(8-10-19)25-14-23-20-11-6-17(12-21(20)25)22(26)24-27/h2-12,14,27H,13H2,1H3,(H,24,26). The third-order valence-electron chi connectivity index (χ3n) is 4.55. The van der Waals surface area contributed by atoms with Crippen LogP contribution in [-0.4, -0.2) is 20.7 Å². The van der Waals surface area contributed by atoms with Crippen molar-refractivity contribution in [3.63, 3.8) is 0 Å². The minimum atomic E-state index is -0.561. The molecule has 1 heterocycles. The van der Waals surface area contributed by atoms with E-state index in [-0.39, 0.29) is 0 Å². The van der Waals surface area contributed by atoms with Crippen molar-refractivity contribution in [2.24, 2.45) is 0 Å². The molecule has 0 radical (unpaired) electrons. The molecule has 0 aliphatic rings. The molecule has 0 atom stereocenters. The number of aryl methyl sites for hydroxylation is 1. The van der Waals surface area contributed by atoms with Crippen molar-refractivity contribution < 1.29 is 14.7 Å². The monoisotopic (exact) mass is 373 g/mol. The fraction of sp³-hybridized carbons (Fsp3) is 0.0909. The molecule has 1 aromatic heterocycles. The zero-order valence-corrected chi connectivity index (χ0v) is 15.3. The van der Waals surface area contributed by atoms with Gasteiger partial charge >= 0.3 is 0 Å². The first-order valence-electron chi connectivity index (χ1n) is 8.84. The Labute approximate surface area is 162 Å². The molecule has 140 valence electrons. The number of imidazole rings is 1. The van der Waals surface area contributed by atoms with Gasteiger partial charge in [-0.2, -0.15) is 0 Å². The number of hydroxylamine groups is 1. The molecular weight excluding hydrogens is 354 g/mol. The molecule has 28 heavy (non-hydrogen) atoms. The van der Waals surface area contributed by atoms with Gasteiger partial charge in [-0.25, -0.2) is 10.5 Å². The van der Waals surface area contributed by atoms with Gasteiger partial charge in [-0.3, -0.25) is 14.6 Å². The minimum absolute atomic E-state index is 0.356. The Bertz CT molecular complexity index is 1120. The highest BCUT2D eigenvalue weighted by atomic mass is 16.5. The molecule has 6 nitrogen and oxygen atoms in total. The van der Waals surface area contributed by atoms with E-state index in [1.807, 2.05) is 28.8 Å². The van der Waals surface area contributed by atoms with E-state index in [4.69, 9.17) is 9.94 Å². The molecule has 0 aliphatic heterocycles. The van der Waals surface area contributed by atoms with Crippen LogP contribution in [0.4, 0.5) is 0 Å². The lowest BCUT2D eigenvalue weighted by atomic mass is 10.2. The highest BCUT2D eigenvalue weighted by molar-refractivity contribution is 5.96. The van der Waals surface area contributed by atoms with Crippen LogP contribution < -0.4 is 10.2 Å². The lowest BCUT2D eigenvalue weighted by molar-refractivity contribution is 0.0706. The van der Waals surface area contributed by atoms with Gasteiger partial charge in [0.1, 0.15) is 18.7 Å². The molecule has 0 saturated carbocycles. The Morgan fingerprint density at radius 3 is 2.54 bits per heavy atom. The number of carbonyl (C=O) groups is 1. The molecule has 0 bridgehead atoms. The van der Waals surface area contributed by atoms with Gasteiger partial charge in [-0.15, -0.1) is 0 Å². The lowest BCUT2D eigenvalue weighted by Gasteiger charge is -2.09. The SMILES string of the molecule is Cc1ccc(COc2ccc(-n3cnc4ccc(C(=O)NO)cc43)cc2)cc1. The van der Waals surface area contributed by atoms with Crippen LogP contribution in [0.5, 0.6) is 5.75 Å². The highest BCUT2D eigenvalue weighted by Gasteiger charge is 2.10. The second-order valence-corrected chi connectivity index (χ2v) is 6.53. The van der Waals surface area contributed by atoms with E-state index in [0.717, 1.165) is 28.0 Å². The molecule has 0 fully saturated rings. The zero-order chi connectivity index (χ0) is 19.5. The molecule has 2 N–H and O–H groups in total. The second-order valence-electron chi connectivity index (χ2n) is 6.53. The summed E-state index contributed by atoms with van der Waals surface area (Å²) in [6, 6.07) is 21.0. The molecule has 6 heteroatoms. The van der Waals surface area contributed by atoms with Crippen molar-refractivity contribution in [2.75, 3.05) is 0 Å². The van der Waals surface area contributed by atoms with Crippen LogP contribution in [0.25, 0.3) is 16.7 Å². The first kappa shape index (κ1) is 17.8. The first-order chi connectivity index (χ1) is 13.6. The summed E-state index contributed by atoms with van der Waals surface area (Å²) in [5, 5.41) is 8.84. The highest BCUT2D eigenvalue weighted by Crippen LogP contribution is 2.22. The molecule has 0 saturated heterocycles. The maximum absolute atomic E-state index is 11.7. The summed E-state index contributed by atoms with van der Waals surface area (Å²) in [6.07, 6.45) is 1.70. The minimum Gasteiger partial charge on any atom is -0.489 e. The number of ether oxygens (including phenoxy) is 1. The van der Waals surface area contributed by atoms with Crippen LogP contribution >= 0.6 is 0 Å². The number of aromatic nitrogens is 2. The largest absolute Gasteiger partial charge is 0.489 e. The van der Waals surface area contributed by atoms with E-state index in [9.17, 15) is 4.79 Å². The maximum Gasteiger partial charge on any atom is 0.274 e. The number of hydrogen-bond donors (Lipinski definition) is 2. The van der Waals surface area contributed by atoms with Crippen molar-refractivity contribution in [1.29, 1.82) is 0 Å². The second kappa shape index (κ2) is 7.54. The number of fused-ring (bicyclic) bond motifs is 1. The van der Waals surface area contributed by atoms with Gasteiger partial charge in [0, 0.05) is 11.3 Å². The van der Waals surface area contributed by atoms with Gasteiger partial charge in [0.2, 0.25) is 0 Å². The fourth-order valence-corrected chi connectivity index (χ4v) is 2.97. The molecular formula is C22H19N3O3. The van der Waals surface area contributed by atoms with Crippen LogP contribution in [0.1, 0.15) is 21.5 Å². The third-order valence-corrected chi connectivity index (χ3v) is 4.55. The van der Waals surface area contributed by atoms with Gasteiger partial charge in [-0.1, -0.05) is 29.8 Å². The molecule has 0 aliphatic carbocycles. The van der Waals surface area contributed by atoms with E-state index in [0.29, 0.717) is 12.2 Å². The average Bonchev–Trinajstić information content (AvgIpc) is 3.16. The Hall–Kier alpha value is -3.64. The third kappa shape index (κ3) is 3.58. The summed E-state index contributed by atoms with van der Waals surface area (Å²) in [6.45, 7) is 2.57. The van der Waals surface area contributed by atoms with Gasteiger partial charge in [0.25, 0.3) is 5.91 Å². The smallest absolute Gasteiger partial charge is 0.274 e. The summed E-state index contributed by atoms with van der Waals surface area (Å²) in [4.78, 5) is 16.0. The quantitative estimate of drug-likeness (QED) is 0.409. The molecule has 0 unspecified atom stereocenters. The van der Waals surface area contributed by atoms with Crippen molar-refractivity contribution in [1.82, 2.24) is 15.0 Å². The van der Waals surface area contributed by atoms with Crippen LogP contribution in [0.3, 0.4) is 0 Å². The zero-order valence-electron chi connectivity index (χ0n) is 15.3. The Morgan fingerprint density at radius 1 is 1.07 bits per heavy atom. The first-order valence-corrected chi connectivity index (χ1v) is 8.84. The van der Waals surface area contributed by atoms with Crippen LogP contribution in [0, 0.1) is 6.92 Å². The van der Waals surface area contributed by atoms with Crippen molar-refractivity contribution in [3.8, 4) is 11.4 Å². The average molecular weight is 373 g/mol. The Kier molecular flexibility index (Phi) is 4.78. The van der Waals surface area contributed by atoms with E-state index >= 15 is 0 Å². The summed E-state index contributed by atoms with van der Waals surface area (Å²) >= 11 is 0. The Balaban J connectivity index is 1.55. The molecule has 4 aromatic rings. The number of nitrogens with zero attached hydrogens (tertiary/aromatic N) is 2. The predicted octanol–water partition coefficient (Wildman–Crippen LogP) is 4.03. The fourth-order valence-electron chi connectivity index (χ4n) is 2.97. The van der Waals surface area contributed by atoms with E-state index < -0.39 is 5.91 Å². The number of carbonyl (C=O) groups excluding carboxylic acids is 1. The van der Waals surface area contributed by atoms with Crippen LogP contribution in [0.2, 0.25) is 0 Å². The van der Waals surface area contributed by atoms with Gasteiger partial charge in [0.15, 0.2) is 0 Å². The summed E-state index contributed by atoms with van der Waals surface area (Å²) in [5.41, 5.74) is 6.77. The summed E-state index contributed by atoms with van der Waals surface area (Å²) in [7, 11) is 0. The van der Waals surface area contributed by atoms with E-state index in [1.54, 1.807) is 30.0 Å². The van der Waals surface area contributed by atoms with E-state index in [2.05, 4.69) is 36.2 Å². The summed E-state index contributed by atoms with van der Waals surface area (Å²) < 4.78 is 7.73. The molecule has 0 spiro atoms. The van der Waals surface area contributed by atoms with Crippen molar-refractivity contribution >= 4 is 16.9 Å². The Morgan fingerprint density at radius 2 is 1.82 bits per heavy atom. The predicted molar refractivity (Wildman–Crippen MR) is 106 cm³/mol. The van der Waals surface area contributed by atoms with Crippen molar-refractivity contribution in [2.45, 2.75) is 13.5 Å². The van der Waals surface area contributed by atoms with Gasteiger partial charge < -0.3 is 4.74 Å². The number of nitrogens with one attached hydrogen (secondary N) is 1. The number of amides is 1. The van der Waals surface area contributed by atoms with Gasteiger partial charge in [0.05, 0.1) is 11.0 Å². The molecule has 1 amide bonds. The summed E-state index contributed by atoms with van der Waals surface area (Å²) in [5.74, 6) is 0.212. The van der Waals surface area contributed by atoms with E-state index in [1.165, 1.54) is 5.56 Å².